The SMILES string of the molecule is CCN(CC)C[C@H]1COCCN1CCCC(=O)N1c2ccccc2C(=O)Nc2cccnc21. The van der Waals surface area contributed by atoms with Crippen LogP contribution in [0, 0.1) is 0 Å². The fourth-order valence-electron chi connectivity index (χ4n) is 4.57. The van der Waals surface area contributed by atoms with Crippen LogP contribution >= 0.6 is 0 Å². The van der Waals surface area contributed by atoms with Crippen molar-refractivity contribution in [3.63, 3.8) is 0 Å². The number of anilines is 3. The molecule has 176 valence electrons. The van der Waals surface area contributed by atoms with Gasteiger partial charge in [0, 0.05) is 31.7 Å². The molecule has 0 aliphatic carbocycles. The second-order valence-electron chi connectivity index (χ2n) is 8.43. The first-order chi connectivity index (χ1) is 16.1. The fourth-order valence-corrected chi connectivity index (χ4v) is 4.57. The van der Waals surface area contributed by atoms with Crippen molar-refractivity contribution in [2.75, 3.05) is 56.2 Å². The van der Waals surface area contributed by atoms with Gasteiger partial charge in [0.05, 0.1) is 30.2 Å². The summed E-state index contributed by atoms with van der Waals surface area (Å²) in [6.45, 7) is 10.6. The Labute approximate surface area is 195 Å². The quantitative estimate of drug-likeness (QED) is 0.664. The molecule has 8 heteroatoms. The summed E-state index contributed by atoms with van der Waals surface area (Å²) in [6.07, 6.45) is 2.74. The minimum absolute atomic E-state index is 0.0625. The van der Waals surface area contributed by atoms with E-state index >= 15 is 0 Å². The standard InChI is InChI=1S/C25H33N5O3/c1-3-28(4-2)17-19-18-33-16-15-29(19)14-8-12-23(31)30-22-11-6-5-9-20(22)25(32)27-21-10-7-13-26-24(21)30/h5-7,9-11,13,19H,3-4,8,12,14-18H2,1-2H3,(H,27,32)/t19-/m0/s1. The number of benzene rings is 1. The van der Waals surface area contributed by atoms with E-state index in [0.29, 0.717) is 35.2 Å². The molecule has 2 aliphatic rings. The molecule has 1 aromatic heterocycles. The predicted molar refractivity (Wildman–Crippen MR) is 129 cm³/mol. The van der Waals surface area contributed by atoms with Crippen LogP contribution in [0.25, 0.3) is 0 Å². The van der Waals surface area contributed by atoms with Gasteiger partial charge in [-0.25, -0.2) is 4.98 Å². The number of ether oxygens (including phenoxy) is 1. The van der Waals surface area contributed by atoms with E-state index in [0.717, 1.165) is 52.4 Å². The number of likely N-dealkylation sites (N-methyl/N-ethyl adjacent to an activating group) is 1. The van der Waals surface area contributed by atoms with Crippen LogP contribution < -0.4 is 10.2 Å². The zero-order valence-corrected chi connectivity index (χ0v) is 19.5. The molecule has 8 nitrogen and oxygen atoms in total. The average Bonchev–Trinajstić information content (AvgIpc) is 2.97. The van der Waals surface area contributed by atoms with Gasteiger partial charge in [0.15, 0.2) is 5.82 Å². The molecule has 4 rings (SSSR count). The van der Waals surface area contributed by atoms with Crippen molar-refractivity contribution < 1.29 is 14.3 Å². The summed E-state index contributed by atoms with van der Waals surface area (Å²) >= 11 is 0. The Morgan fingerprint density at radius 1 is 1.21 bits per heavy atom. The fraction of sp³-hybridized carbons (Fsp3) is 0.480. The lowest BCUT2D eigenvalue weighted by Gasteiger charge is -2.38. The normalized spacial score (nSPS) is 18.5. The van der Waals surface area contributed by atoms with Crippen LogP contribution in [0.4, 0.5) is 17.2 Å². The molecule has 2 aliphatic heterocycles. The van der Waals surface area contributed by atoms with E-state index < -0.39 is 0 Å². The van der Waals surface area contributed by atoms with Crippen molar-refractivity contribution in [3.05, 3.63) is 48.2 Å². The Morgan fingerprint density at radius 3 is 2.85 bits per heavy atom. The molecule has 3 heterocycles. The molecule has 0 radical (unpaired) electrons. The first-order valence-electron chi connectivity index (χ1n) is 11.8. The molecule has 33 heavy (non-hydrogen) atoms. The second kappa shape index (κ2) is 10.9. The predicted octanol–water partition coefficient (Wildman–Crippen LogP) is 3.13. The number of hydrogen-bond acceptors (Lipinski definition) is 6. The molecule has 1 aromatic carbocycles. The summed E-state index contributed by atoms with van der Waals surface area (Å²) in [5, 5.41) is 2.88. The van der Waals surface area contributed by atoms with Crippen LogP contribution in [0.1, 0.15) is 37.0 Å². The van der Waals surface area contributed by atoms with E-state index in [1.807, 2.05) is 6.07 Å². The van der Waals surface area contributed by atoms with Gasteiger partial charge in [-0.1, -0.05) is 26.0 Å². The van der Waals surface area contributed by atoms with Crippen LogP contribution in [0.5, 0.6) is 0 Å². The highest BCUT2D eigenvalue weighted by Gasteiger charge is 2.30. The number of rotatable bonds is 8. The molecule has 1 N–H and O–H groups in total. The van der Waals surface area contributed by atoms with E-state index in [2.05, 4.69) is 33.9 Å². The van der Waals surface area contributed by atoms with Gasteiger partial charge in [-0.2, -0.15) is 0 Å². The molecule has 1 saturated heterocycles. The molecule has 2 aromatic rings. The van der Waals surface area contributed by atoms with Crippen LogP contribution in [0.2, 0.25) is 0 Å². The maximum absolute atomic E-state index is 13.5. The van der Waals surface area contributed by atoms with E-state index in [1.54, 1.807) is 41.4 Å². The van der Waals surface area contributed by atoms with E-state index in [9.17, 15) is 9.59 Å². The van der Waals surface area contributed by atoms with E-state index in [4.69, 9.17) is 4.74 Å². The molecule has 0 unspecified atom stereocenters. The van der Waals surface area contributed by atoms with Crippen LogP contribution in [-0.4, -0.2) is 78.6 Å². The van der Waals surface area contributed by atoms with Crippen LogP contribution in [-0.2, 0) is 9.53 Å². The van der Waals surface area contributed by atoms with Gasteiger partial charge >= 0.3 is 0 Å². The molecular weight excluding hydrogens is 418 g/mol. The zero-order chi connectivity index (χ0) is 23.2. The van der Waals surface area contributed by atoms with Crippen molar-refractivity contribution in [1.82, 2.24) is 14.8 Å². The van der Waals surface area contributed by atoms with Gasteiger partial charge < -0.3 is 15.0 Å². The molecule has 0 spiro atoms. The molecule has 0 bridgehead atoms. The Bertz CT molecular complexity index is 978. The van der Waals surface area contributed by atoms with Crippen LogP contribution in [0.3, 0.4) is 0 Å². The summed E-state index contributed by atoms with van der Waals surface area (Å²) in [6, 6.07) is 11.1. The number of amides is 2. The Hall–Kier alpha value is -2.81. The minimum Gasteiger partial charge on any atom is -0.378 e. The third-order valence-corrected chi connectivity index (χ3v) is 6.43. The largest absolute Gasteiger partial charge is 0.378 e. The first-order valence-corrected chi connectivity index (χ1v) is 11.8. The monoisotopic (exact) mass is 451 g/mol. The van der Waals surface area contributed by atoms with Crippen molar-refractivity contribution in [1.29, 1.82) is 0 Å². The van der Waals surface area contributed by atoms with E-state index in [-0.39, 0.29) is 11.8 Å². The summed E-state index contributed by atoms with van der Waals surface area (Å²) in [7, 11) is 0. The first kappa shape index (κ1) is 23.4. The van der Waals surface area contributed by atoms with Gasteiger partial charge in [0.25, 0.3) is 5.91 Å². The van der Waals surface area contributed by atoms with Gasteiger partial charge in [-0.05, 0) is 50.3 Å². The highest BCUT2D eigenvalue weighted by molar-refractivity contribution is 6.17. The topological polar surface area (TPSA) is 78.0 Å². The van der Waals surface area contributed by atoms with Gasteiger partial charge in [0.2, 0.25) is 5.91 Å². The maximum atomic E-state index is 13.5. The molecular formula is C25H33N5O3. The number of nitrogens with zero attached hydrogens (tertiary/aromatic N) is 4. The molecule has 2 amide bonds. The number of pyridine rings is 1. The Morgan fingerprint density at radius 2 is 2.03 bits per heavy atom. The number of morpholine rings is 1. The van der Waals surface area contributed by atoms with Gasteiger partial charge in [-0.15, -0.1) is 0 Å². The lowest BCUT2D eigenvalue weighted by Crippen LogP contribution is -2.51. The lowest BCUT2D eigenvalue weighted by molar-refractivity contribution is -0.118. The summed E-state index contributed by atoms with van der Waals surface area (Å²) in [5.41, 5.74) is 1.58. The maximum Gasteiger partial charge on any atom is 0.257 e. The van der Waals surface area contributed by atoms with E-state index in [1.165, 1.54) is 0 Å². The zero-order valence-electron chi connectivity index (χ0n) is 19.5. The average molecular weight is 452 g/mol. The number of carbonyl (C=O) groups is 2. The second-order valence-corrected chi connectivity index (χ2v) is 8.43. The van der Waals surface area contributed by atoms with Crippen molar-refractivity contribution in [2.45, 2.75) is 32.7 Å². The summed E-state index contributed by atoms with van der Waals surface area (Å²) in [5.74, 6) is 0.168. The van der Waals surface area contributed by atoms with Gasteiger partial charge in [0.1, 0.15) is 0 Å². The minimum atomic E-state index is -0.234. The number of nitrogens with one attached hydrogen (secondary N) is 1. The number of fused-ring (bicyclic) bond motifs is 2. The highest BCUT2D eigenvalue weighted by atomic mass is 16.5. The third kappa shape index (κ3) is 5.24. The Balaban J connectivity index is 1.47. The van der Waals surface area contributed by atoms with Crippen molar-refractivity contribution >= 4 is 29.0 Å². The summed E-state index contributed by atoms with van der Waals surface area (Å²) in [4.78, 5) is 37.1. The van der Waals surface area contributed by atoms with Gasteiger partial charge in [-0.3, -0.25) is 19.4 Å². The van der Waals surface area contributed by atoms with Crippen LogP contribution in [0.15, 0.2) is 42.6 Å². The smallest absolute Gasteiger partial charge is 0.257 e. The number of hydrogen-bond donors (Lipinski definition) is 1. The highest BCUT2D eigenvalue weighted by Crippen LogP contribution is 2.36. The van der Waals surface area contributed by atoms with Crippen molar-refractivity contribution in [2.24, 2.45) is 0 Å². The number of carbonyl (C=O) groups excluding carboxylic acids is 2. The van der Waals surface area contributed by atoms with Crippen molar-refractivity contribution in [3.8, 4) is 0 Å². The third-order valence-electron chi connectivity index (χ3n) is 6.43. The number of aromatic nitrogens is 1. The molecule has 1 fully saturated rings. The number of para-hydroxylation sites is 1. The Kier molecular flexibility index (Phi) is 7.69. The lowest BCUT2D eigenvalue weighted by atomic mass is 10.1. The molecule has 0 saturated carbocycles. The summed E-state index contributed by atoms with van der Waals surface area (Å²) < 4.78 is 5.74. The molecule has 1 atom stereocenters.